The summed E-state index contributed by atoms with van der Waals surface area (Å²) in [6, 6.07) is 2.66. The van der Waals surface area contributed by atoms with Gasteiger partial charge in [0.15, 0.2) is 0 Å². The molecule has 5 nitrogen and oxygen atoms in total. The first kappa shape index (κ1) is 12.7. The van der Waals surface area contributed by atoms with Gasteiger partial charge in [-0.2, -0.15) is 5.26 Å². The van der Waals surface area contributed by atoms with Crippen molar-refractivity contribution in [2.45, 2.75) is 12.8 Å². The lowest BCUT2D eigenvalue weighted by Crippen LogP contribution is -2.05. The van der Waals surface area contributed by atoms with E-state index in [1.165, 1.54) is 0 Å². The van der Waals surface area contributed by atoms with Crippen LogP contribution in [0.25, 0.3) is 0 Å². The summed E-state index contributed by atoms with van der Waals surface area (Å²) in [6.45, 7) is 0. The summed E-state index contributed by atoms with van der Waals surface area (Å²) in [6.07, 6.45) is -3.32. The predicted molar refractivity (Wildman–Crippen MR) is 57.9 cm³/mol. The zero-order chi connectivity index (χ0) is 12.3. The number of alkyl halides is 2. The van der Waals surface area contributed by atoms with Crippen molar-refractivity contribution in [1.82, 2.24) is 4.98 Å². The maximum atomic E-state index is 12.6. The molecule has 0 amide bonds. The Labute approximate surface area is 102 Å². The predicted octanol–water partition coefficient (Wildman–Crippen LogP) is 2.60. The standard InChI is InChI=1S/C8H4F2IN3O2/c9-7(10)5-3-6(11)13-8(14(15)16)4(5)1-2-12/h3,7H,1H2. The Morgan fingerprint density at radius 1 is 1.69 bits per heavy atom. The molecule has 0 radical (unpaired) electrons. The first-order valence-electron chi connectivity index (χ1n) is 3.96. The summed E-state index contributed by atoms with van der Waals surface area (Å²) in [7, 11) is 0. The smallest absolute Gasteiger partial charge is 0.358 e. The van der Waals surface area contributed by atoms with Gasteiger partial charge < -0.3 is 10.1 Å². The highest BCUT2D eigenvalue weighted by Gasteiger charge is 2.25. The van der Waals surface area contributed by atoms with E-state index in [1.807, 2.05) is 0 Å². The molecule has 0 aliphatic heterocycles. The van der Waals surface area contributed by atoms with E-state index in [-0.39, 0.29) is 9.26 Å². The number of nitro groups is 1. The molecule has 0 aliphatic carbocycles. The van der Waals surface area contributed by atoms with Gasteiger partial charge in [-0.15, -0.1) is 0 Å². The van der Waals surface area contributed by atoms with Gasteiger partial charge in [0.1, 0.15) is 0 Å². The number of halogens is 3. The summed E-state index contributed by atoms with van der Waals surface area (Å²) in [5, 5.41) is 19.1. The van der Waals surface area contributed by atoms with Crippen LogP contribution in [0.3, 0.4) is 0 Å². The molecule has 0 aromatic carbocycles. The normalized spacial score (nSPS) is 10.2. The molecule has 0 unspecified atom stereocenters. The van der Waals surface area contributed by atoms with E-state index in [2.05, 4.69) is 4.98 Å². The lowest BCUT2D eigenvalue weighted by molar-refractivity contribution is -0.390. The van der Waals surface area contributed by atoms with Crippen molar-refractivity contribution in [2.75, 3.05) is 0 Å². The molecule has 0 fully saturated rings. The van der Waals surface area contributed by atoms with Gasteiger partial charge in [-0.25, -0.2) is 8.78 Å². The fraction of sp³-hybridized carbons (Fsp3) is 0.250. The van der Waals surface area contributed by atoms with Crippen LogP contribution in [0.5, 0.6) is 0 Å². The van der Waals surface area contributed by atoms with Gasteiger partial charge in [0.05, 0.1) is 18.1 Å². The van der Waals surface area contributed by atoms with Crippen LogP contribution in [0.2, 0.25) is 0 Å². The fourth-order valence-corrected chi connectivity index (χ4v) is 1.72. The zero-order valence-electron chi connectivity index (χ0n) is 7.65. The number of aromatic nitrogens is 1. The van der Waals surface area contributed by atoms with E-state index >= 15 is 0 Å². The van der Waals surface area contributed by atoms with Gasteiger partial charge >= 0.3 is 5.82 Å². The summed E-state index contributed by atoms with van der Waals surface area (Å²) in [5.74, 6) is -0.677. The first-order chi connectivity index (χ1) is 7.47. The quantitative estimate of drug-likeness (QED) is 0.367. The van der Waals surface area contributed by atoms with E-state index in [4.69, 9.17) is 5.26 Å². The van der Waals surface area contributed by atoms with Crippen LogP contribution >= 0.6 is 22.6 Å². The van der Waals surface area contributed by atoms with Crippen molar-refractivity contribution in [2.24, 2.45) is 0 Å². The highest BCUT2D eigenvalue weighted by atomic mass is 127. The highest BCUT2D eigenvalue weighted by Crippen LogP contribution is 2.30. The molecule has 1 aromatic rings. The molecular weight excluding hydrogens is 335 g/mol. The number of rotatable bonds is 3. The molecule has 84 valence electrons. The van der Waals surface area contributed by atoms with Gasteiger partial charge in [0.2, 0.25) is 3.70 Å². The average molecular weight is 339 g/mol. The third-order valence-electron chi connectivity index (χ3n) is 1.77. The van der Waals surface area contributed by atoms with E-state index in [9.17, 15) is 18.9 Å². The molecule has 0 atom stereocenters. The van der Waals surface area contributed by atoms with Crippen LogP contribution < -0.4 is 0 Å². The van der Waals surface area contributed by atoms with Crippen molar-refractivity contribution in [3.05, 3.63) is 31.0 Å². The second-order valence-electron chi connectivity index (χ2n) is 2.73. The molecule has 0 saturated heterocycles. The minimum Gasteiger partial charge on any atom is -0.358 e. The number of pyridine rings is 1. The summed E-state index contributed by atoms with van der Waals surface area (Å²) < 4.78 is 25.3. The number of hydrogen-bond donors (Lipinski definition) is 0. The molecule has 1 aromatic heterocycles. The molecule has 0 saturated carbocycles. The van der Waals surface area contributed by atoms with Crippen molar-refractivity contribution < 1.29 is 13.7 Å². The maximum absolute atomic E-state index is 12.6. The Balaban J connectivity index is 3.48. The van der Waals surface area contributed by atoms with Crippen LogP contribution in [0.4, 0.5) is 14.6 Å². The fourth-order valence-electron chi connectivity index (χ4n) is 1.15. The van der Waals surface area contributed by atoms with Gasteiger partial charge in [-0.3, -0.25) is 0 Å². The van der Waals surface area contributed by atoms with Gasteiger partial charge in [-0.1, -0.05) is 0 Å². The molecule has 0 bridgehead atoms. The molecular formula is C8H4F2IN3O2. The Kier molecular flexibility index (Phi) is 4.05. The monoisotopic (exact) mass is 339 g/mol. The van der Waals surface area contributed by atoms with Crippen molar-refractivity contribution in [3.63, 3.8) is 0 Å². The second kappa shape index (κ2) is 5.11. The highest BCUT2D eigenvalue weighted by molar-refractivity contribution is 14.1. The Morgan fingerprint density at radius 2 is 2.31 bits per heavy atom. The van der Waals surface area contributed by atoms with E-state index < -0.39 is 29.2 Å². The Morgan fingerprint density at radius 3 is 2.75 bits per heavy atom. The molecule has 8 heteroatoms. The summed E-state index contributed by atoms with van der Waals surface area (Å²) in [4.78, 5) is 13.3. The van der Waals surface area contributed by atoms with Crippen molar-refractivity contribution in [3.8, 4) is 6.07 Å². The molecule has 0 N–H and O–H groups in total. The van der Waals surface area contributed by atoms with Gasteiger partial charge in [-0.05, 0) is 9.91 Å². The van der Waals surface area contributed by atoms with Crippen LogP contribution in [-0.4, -0.2) is 9.91 Å². The zero-order valence-corrected chi connectivity index (χ0v) is 9.81. The molecule has 1 heterocycles. The van der Waals surface area contributed by atoms with E-state index in [0.29, 0.717) is 0 Å². The minimum atomic E-state index is -2.86. The molecule has 0 spiro atoms. The third kappa shape index (κ3) is 2.60. The number of nitrogens with zero attached hydrogens (tertiary/aromatic N) is 3. The van der Waals surface area contributed by atoms with Gasteiger partial charge in [0.25, 0.3) is 6.43 Å². The van der Waals surface area contributed by atoms with Crippen LogP contribution in [0, 0.1) is 25.1 Å². The minimum absolute atomic E-state index is 0.0984. The maximum Gasteiger partial charge on any atom is 0.369 e. The summed E-state index contributed by atoms with van der Waals surface area (Å²) >= 11 is 1.61. The van der Waals surface area contributed by atoms with Crippen LogP contribution in [-0.2, 0) is 6.42 Å². The van der Waals surface area contributed by atoms with Crippen molar-refractivity contribution in [1.29, 1.82) is 5.26 Å². The van der Waals surface area contributed by atoms with Crippen LogP contribution in [0.1, 0.15) is 17.6 Å². The Hall–Kier alpha value is -1.37. The van der Waals surface area contributed by atoms with Crippen LogP contribution in [0.15, 0.2) is 6.07 Å². The molecule has 1 rings (SSSR count). The van der Waals surface area contributed by atoms with E-state index in [1.54, 1.807) is 28.7 Å². The molecule has 0 aliphatic rings. The SMILES string of the molecule is N#CCc1c(C(F)F)cc(I)nc1[N+](=O)[O-]. The largest absolute Gasteiger partial charge is 0.369 e. The second-order valence-corrected chi connectivity index (χ2v) is 3.83. The molecule has 16 heavy (non-hydrogen) atoms. The first-order valence-corrected chi connectivity index (χ1v) is 5.04. The van der Waals surface area contributed by atoms with Crippen molar-refractivity contribution >= 4 is 28.4 Å². The lowest BCUT2D eigenvalue weighted by Gasteiger charge is -2.05. The average Bonchev–Trinajstić information content (AvgIpc) is 2.19. The lowest BCUT2D eigenvalue weighted by atomic mass is 10.1. The number of nitriles is 1. The topological polar surface area (TPSA) is 79.8 Å². The van der Waals surface area contributed by atoms with E-state index in [0.717, 1.165) is 6.07 Å². The summed E-state index contributed by atoms with van der Waals surface area (Å²) in [5.41, 5.74) is -0.824. The number of hydrogen-bond acceptors (Lipinski definition) is 4. The van der Waals surface area contributed by atoms with Gasteiger partial charge in [0, 0.05) is 34.2 Å². The third-order valence-corrected chi connectivity index (χ3v) is 2.32. The Bertz CT molecular complexity index is 473.